The SMILES string of the molecule is CCn1c(=O)c(=O)[nH]c2cc(C(=O)NCc3cccc(N4CCCCC4=O)c3)ccc21. The molecule has 3 aromatic rings. The van der Waals surface area contributed by atoms with Crippen molar-refractivity contribution in [2.75, 3.05) is 11.4 Å². The van der Waals surface area contributed by atoms with Crippen molar-refractivity contribution in [3.8, 4) is 0 Å². The number of amides is 2. The zero-order valence-corrected chi connectivity index (χ0v) is 17.3. The summed E-state index contributed by atoms with van der Waals surface area (Å²) in [6, 6.07) is 12.5. The van der Waals surface area contributed by atoms with Crippen molar-refractivity contribution in [1.29, 1.82) is 0 Å². The maximum atomic E-state index is 12.7. The highest BCUT2D eigenvalue weighted by molar-refractivity contribution is 5.97. The van der Waals surface area contributed by atoms with E-state index < -0.39 is 11.1 Å². The van der Waals surface area contributed by atoms with Gasteiger partial charge in [0.1, 0.15) is 0 Å². The molecule has 160 valence electrons. The second-order valence-electron chi connectivity index (χ2n) is 7.59. The summed E-state index contributed by atoms with van der Waals surface area (Å²) in [6.45, 7) is 3.16. The van der Waals surface area contributed by atoms with Crippen LogP contribution in [-0.2, 0) is 17.9 Å². The topological polar surface area (TPSA) is 104 Å². The highest BCUT2D eigenvalue weighted by atomic mass is 16.2. The first-order valence-electron chi connectivity index (χ1n) is 10.4. The van der Waals surface area contributed by atoms with Crippen LogP contribution in [0.15, 0.2) is 52.1 Å². The Bertz CT molecular complexity index is 1270. The van der Waals surface area contributed by atoms with Gasteiger partial charge in [0.05, 0.1) is 11.0 Å². The Labute approximate surface area is 178 Å². The van der Waals surface area contributed by atoms with Gasteiger partial charge < -0.3 is 19.8 Å². The zero-order valence-electron chi connectivity index (χ0n) is 17.3. The van der Waals surface area contributed by atoms with Crippen LogP contribution in [0.4, 0.5) is 5.69 Å². The number of piperidine rings is 1. The third kappa shape index (κ3) is 4.14. The van der Waals surface area contributed by atoms with E-state index in [0.29, 0.717) is 42.7 Å². The highest BCUT2D eigenvalue weighted by Crippen LogP contribution is 2.22. The van der Waals surface area contributed by atoms with Crippen LogP contribution >= 0.6 is 0 Å². The molecule has 1 aliphatic rings. The summed E-state index contributed by atoms with van der Waals surface area (Å²) in [4.78, 5) is 53.0. The minimum atomic E-state index is -0.712. The second-order valence-corrected chi connectivity index (χ2v) is 7.59. The zero-order chi connectivity index (χ0) is 22.0. The fourth-order valence-electron chi connectivity index (χ4n) is 3.93. The smallest absolute Gasteiger partial charge is 0.316 e. The number of aryl methyl sites for hydroxylation is 1. The van der Waals surface area contributed by atoms with Crippen LogP contribution in [0, 0.1) is 0 Å². The summed E-state index contributed by atoms with van der Waals surface area (Å²) < 4.78 is 1.38. The molecular formula is C23H24N4O4. The summed E-state index contributed by atoms with van der Waals surface area (Å²) in [5.41, 5.74) is 1.80. The molecule has 0 unspecified atom stereocenters. The molecule has 0 bridgehead atoms. The summed E-state index contributed by atoms with van der Waals surface area (Å²) in [5.74, 6) is -0.167. The number of hydrogen-bond donors (Lipinski definition) is 2. The lowest BCUT2D eigenvalue weighted by atomic mass is 10.1. The number of fused-ring (bicyclic) bond motifs is 1. The molecule has 0 spiro atoms. The van der Waals surface area contributed by atoms with E-state index in [1.165, 1.54) is 4.57 Å². The first kappa shape index (κ1) is 20.6. The Morgan fingerprint density at radius 2 is 1.94 bits per heavy atom. The number of H-pyrrole nitrogens is 1. The monoisotopic (exact) mass is 420 g/mol. The molecule has 1 fully saturated rings. The predicted octanol–water partition coefficient (Wildman–Crippen LogP) is 2.16. The fraction of sp³-hybridized carbons (Fsp3) is 0.304. The van der Waals surface area contributed by atoms with Crippen LogP contribution in [0.25, 0.3) is 11.0 Å². The number of carbonyl (C=O) groups is 2. The number of nitrogens with one attached hydrogen (secondary N) is 2. The average molecular weight is 420 g/mol. The molecule has 8 heteroatoms. The molecule has 4 rings (SSSR count). The molecule has 2 amide bonds. The molecule has 0 atom stereocenters. The molecular weight excluding hydrogens is 396 g/mol. The summed E-state index contributed by atoms with van der Waals surface area (Å²) in [6.07, 6.45) is 2.48. The van der Waals surface area contributed by atoms with Gasteiger partial charge in [0.2, 0.25) is 5.91 Å². The Kier molecular flexibility index (Phi) is 5.70. The van der Waals surface area contributed by atoms with Gasteiger partial charge in [-0.25, -0.2) is 0 Å². The third-order valence-electron chi connectivity index (χ3n) is 5.55. The van der Waals surface area contributed by atoms with Gasteiger partial charge in [-0.1, -0.05) is 12.1 Å². The van der Waals surface area contributed by atoms with E-state index in [9.17, 15) is 19.2 Å². The summed E-state index contributed by atoms with van der Waals surface area (Å²) >= 11 is 0. The maximum absolute atomic E-state index is 12.7. The Morgan fingerprint density at radius 1 is 1.10 bits per heavy atom. The van der Waals surface area contributed by atoms with Crippen molar-refractivity contribution in [2.45, 2.75) is 39.3 Å². The van der Waals surface area contributed by atoms with Gasteiger partial charge in [0, 0.05) is 37.3 Å². The van der Waals surface area contributed by atoms with Crippen LogP contribution in [0.2, 0.25) is 0 Å². The van der Waals surface area contributed by atoms with Crippen molar-refractivity contribution in [2.24, 2.45) is 0 Å². The molecule has 31 heavy (non-hydrogen) atoms. The Balaban J connectivity index is 1.51. The van der Waals surface area contributed by atoms with E-state index in [-0.39, 0.29) is 11.8 Å². The van der Waals surface area contributed by atoms with Gasteiger partial charge in [-0.15, -0.1) is 0 Å². The number of nitrogens with zero attached hydrogens (tertiary/aromatic N) is 2. The van der Waals surface area contributed by atoms with E-state index in [0.717, 1.165) is 24.1 Å². The van der Waals surface area contributed by atoms with Gasteiger partial charge in [0.25, 0.3) is 5.91 Å². The fourth-order valence-corrected chi connectivity index (χ4v) is 3.93. The lowest BCUT2D eigenvalue weighted by molar-refractivity contribution is -0.119. The van der Waals surface area contributed by atoms with Crippen LogP contribution in [0.5, 0.6) is 0 Å². The van der Waals surface area contributed by atoms with E-state index in [1.807, 2.05) is 24.3 Å². The van der Waals surface area contributed by atoms with Gasteiger partial charge in [-0.2, -0.15) is 0 Å². The van der Waals surface area contributed by atoms with E-state index >= 15 is 0 Å². The number of rotatable bonds is 5. The molecule has 0 saturated carbocycles. The predicted molar refractivity (Wildman–Crippen MR) is 118 cm³/mol. The molecule has 0 radical (unpaired) electrons. The van der Waals surface area contributed by atoms with Crippen molar-refractivity contribution in [3.05, 3.63) is 74.3 Å². The Morgan fingerprint density at radius 3 is 2.71 bits per heavy atom. The molecule has 1 aliphatic heterocycles. The number of hydrogen-bond acceptors (Lipinski definition) is 4. The van der Waals surface area contributed by atoms with E-state index in [4.69, 9.17) is 0 Å². The third-order valence-corrected chi connectivity index (χ3v) is 5.55. The van der Waals surface area contributed by atoms with Crippen LogP contribution < -0.4 is 21.3 Å². The molecule has 1 saturated heterocycles. The van der Waals surface area contributed by atoms with E-state index in [2.05, 4.69) is 10.3 Å². The minimum absolute atomic E-state index is 0.128. The molecule has 2 N–H and O–H groups in total. The molecule has 1 aromatic heterocycles. The van der Waals surface area contributed by atoms with Gasteiger partial charge in [-0.05, 0) is 55.7 Å². The maximum Gasteiger partial charge on any atom is 0.316 e. The number of aromatic amines is 1. The summed E-state index contributed by atoms with van der Waals surface area (Å²) in [7, 11) is 0. The number of benzene rings is 2. The Hall–Kier alpha value is -3.68. The number of aromatic nitrogens is 2. The first-order valence-corrected chi connectivity index (χ1v) is 10.4. The van der Waals surface area contributed by atoms with Gasteiger partial charge in [-0.3, -0.25) is 19.2 Å². The minimum Gasteiger partial charge on any atom is -0.348 e. The lowest BCUT2D eigenvalue weighted by Gasteiger charge is -2.27. The number of carbonyl (C=O) groups excluding carboxylic acids is 2. The quantitative estimate of drug-likeness (QED) is 0.617. The van der Waals surface area contributed by atoms with Crippen LogP contribution in [0.3, 0.4) is 0 Å². The van der Waals surface area contributed by atoms with Crippen LogP contribution in [-0.4, -0.2) is 27.9 Å². The van der Waals surface area contributed by atoms with Gasteiger partial charge in [0.15, 0.2) is 0 Å². The lowest BCUT2D eigenvalue weighted by Crippen LogP contribution is -2.36. The van der Waals surface area contributed by atoms with Gasteiger partial charge >= 0.3 is 11.1 Å². The normalized spacial score (nSPS) is 14.1. The number of anilines is 1. The molecule has 2 aromatic carbocycles. The van der Waals surface area contributed by atoms with Crippen molar-refractivity contribution in [3.63, 3.8) is 0 Å². The highest BCUT2D eigenvalue weighted by Gasteiger charge is 2.19. The van der Waals surface area contributed by atoms with Crippen molar-refractivity contribution < 1.29 is 9.59 Å². The molecule has 8 nitrogen and oxygen atoms in total. The second kappa shape index (κ2) is 8.59. The first-order chi connectivity index (χ1) is 15.0. The average Bonchev–Trinajstić information content (AvgIpc) is 2.78. The molecule has 2 heterocycles. The largest absolute Gasteiger partial charge is 0.348 e. The van der Waals surface area contributed by atoms with Crippen molar-refractivity contribution in [1.82, 2.24) is 14.9 Å². The summed E-state index contributed by atoms with van der Waals surface area (Å²) in [5, 5.41) is 2.87. The molecule has 0 aliphatic carbocycles. The van der Waals surface area contributed by atoms with E-state index in [1.54, 1.807) is 30.0 Å². The van der Waals surface area contributed by atoms with Crippen molar-refractivity contribution >= 4 is 28.5 Å². The van der Waals surface area contributed by atoms with Crippen LogP contribution in [0.1, 0.15) is 42.1 Å². The standard InChI is InChI=1S/C23H24N4O4/c1-2-26-19-10-9-16(13-18(19)25-22(30)23(26)31)21(29)24-14-15-6-5-7-17(12-15)27-11-4-3-8-20(27)28/h5-7,9-10,12-13H,2-4,8,11,14H2,1H3,(H,24,29)(H,25,30).